The number of rotatable bonds is 4. The van der Waals surface area contributed by atoms with Gasteiger partial charge < -0.3 is 9.64 Å². The van der Waals surface area contributed by atoms with Gasteiger partial charge in [-0.05, 0) is 81.7 Å². The lowest BCUT2D eigenvalue weighted by Gasteiger charge is -2.42. The number of aliphatic imine (C=N–C) groups is 1. The van der Waals surface area contributed by atoms with Crippen molar-refractivity contribution in [2.75, 3.05) is 18.6 Å². The number of allylic oxidation sites excluding steroid dienone is 1. The Morgan fingerprint density at radius 1 is 1.18 bits per heavy atom. The molecule has 1 heterocycles. The van der Waals surface area contributed by atoms with E-state index in [0.717, 1.165) is 23.4 Å². The van der Waals surface area contributed by atoms with Gasteiger partial charge in [-0.3, -0.25) is 4.99 Å². The first-order chi connectivity index (χ1) is 13.3. The van der Waals surface area contributed by atoms with E-state index in [1.54, 1.807) is 12.1 Å². The van der Waals surface area contributed by atoms with Crippen molar-refractivity contribution >= 4 is 29.1 Å². The highest BCUT2D eigenvalue weighted by atomic mass is 16.5. The van der Waals surface area contributed by atoms with E-state index in [1.807, 2.05) is 19.2 Å². The summed E-state index contributed by atoms with van der Waals surface area (Å²) in [5.74, 6) is -0.334. The Morgan fingerprint density at radius 3 is 2.57 bits per heavy atom. The van der Waals surface area contributed by atoms with Gasteiger partial charge in [0.15, 0.2) is 0 Å². The summed E-state index contributed by atoms with van der Waals surface area (Å²) in [6.07, 6.45) is 4.21. The van der Waals surface area contributed by atoms with E-state index in [-0.39, 0.29) is 11.5 Å². The van der Waals surface area contributed by atoms with E-state index in [1.165, 1.54) is 23.9 Å². The molecule has 0 atom stereocenters. The fraction of sp³-hybridized carbons (Fsp3) is 0.333. The van der Waals surface area contributed by atoms with Gasteiger partial charge in [0.2, 0.25) is 0 Å². The van der Waals surface area contributed by atoms with E-state index in [2.05, 4.69) is 61.9 Å². The van der Waals surface area contributed by atoms with Crippen LogP contribution in [0.3, 0.4) is 0 Å². The van der Waals surface area contributed by atoms with Crippen LogP contribution in [0.25, 0.3) is 5.57 Å². The van der Waals surface area contributed by atoms with Crippen LogP contribution in [0.5, 0.6) is 0 Å². The second kappa shape index (κ2) is 7.63. The molecule has 0 fully saturated rings. The van der Waals surface area contributed by atoms with Crippen molar-refractivity contribution in [3.63, 3.8) is 0 Å². The van der Waals surface area contributed by atoms with Crippen molar-refractivity contribution in [2.45, 2.75) is 40.2 Å². The quantitative estimate of drug-likeness (QED) is 0.519. The molecule has 28 heavy (non-hydrogen) atoms. The molecule has 0 aromatic heterocycles. The normalized spacial score (nSPS) is 15.4. The number of methoxy groups -OCH3 is 1. The second-order valence-electron chi connectivity index (χ2n) is 7.75. The maximum Gasteiger partial charge on any atom is 0.337 e. The van der Waals surface area contributed by atoms with E-state index in [9.17, 15) is 4.79 Å². The Kier molecular flexibility index (Phi) is 5.41. The lowest BCUT2D eigenvalue weighted by molar-refractivity contribution is 0.0600. The zero-order valence-electron chi connectivity index (χ0n) is 17.5. The lowest BCUT2D eigenvalue weighted by Crippen LogP contribution is -2.44. The van der Waals surface area contributed by atoms with Crippen LogP contribution in [0.2, 0.25) is 0 Å². The summed E-state index contributed by atoms with van der Waals surface area (Å²) < 4.78 is 4.77. The molecule has 0 saturated heterocycles. The molecule has 0 saturated carbocycles. The monoisotopic (exact) mass is 376 g/mol. The number of benzene rings is 2. The SMILES string of the molecule is CCN1c2ccc(C=Nc3ccc(C(=O)OC)cc3C)cc2C(C)=CC1(C)C. The van der Waals surface area contributed by atoms with Crippen LogP contribution in [0.15, 0.2) is 47.5 Å². The standard InChI is InChI=1S/C24H28N2O2/c1-7-26-22-11-8-18(13-20(22)17(3)14-24(26,4)5)15-25-21-10-9-19(12-16(21)2)23(27)28-6/h8-15H,7H2,1-6H3. The number of anilines is 1. The Balaban J connectivity index is 1.91. The first-order valence-corrected chi connectivity index (χ1v) is 9.61. The zero-order chi connectivity index (χ0) is 20.5. The number of fused-ring (bicyclic) bond motifs is 1. The van der Waals surface area contributed by atoms with Crippen molar-refractivity contribution in [1.82, 2.24) is 0 Å². The van der Waals surface area contributed by atoms with Crippen LogP contribution in [-0.2, 0) is 4.74 Å². The van der Waals surface area contributed by atoms with Gasteiger partial charge in [0.25, 0.3) is 0 Å². The van der Waals surface area contributed by atoms with Gasteiger partial charge in [0.1, 0.15) is 0 Å². The number of nitrogens with zero attached hydrogens (tertiary/aromatic N) is 2. The van der Waals surface area contributed by atoms with Crippen LogP contribution in [0, 0.1) is 6.92 Å². The summed E-state index contributed by atoms with van der Waals surface area (Å²) in [7, 11) is 1.39. The average Bonchev–Trinajstić information content (AvgIpc) is 2.66. The average molecular weight is 377 g/mol. The van der Waals surface area contributed by atoms with Gasteiger partial charge in [-0.1, -0.05) is 12.1 Å². The molecule has 0 N–H and O–H groups in total. The highest BCUT2D eigenvalue weighted by Crippen LogP contribution is 2.38. The third kappa shape index (κ3) is 3.72. The number of carbonyl (C=O) groups is 1. The van der Waals surface area contributed by atoms with Crippen molar-refractivity contribution in [3.8, 4) is 0 Å². The highest BCUT2D eigenvalue weighted by molar-refractivity contribution is 5.91. The number of likely N-dealkylation sites (N-methyl/N-ethyl adjacent to an activating group) is 1. The van der Waals surface area contributed by atoms with Crippen LogP contribution >= 0.6 is 0 Å². The number of hydrogen-bond donors (Lipinski definition) is 0. The molecule has 2 aromatic rings. The second-order valence-corrected chi connectivity index (χ2v) is 7.75. The molecule has 0 bridgehead atoms. The van der Waals surface area contributed by atoms with Crippen molar-refractivity contribution in [3.05, 3.63) is 64.7 Å². The molecule has 0 spiro atoms. The van der Waals surface area contributed by atoms with Crippen LogP contribution in [-0.4, -0.2) is 31.4 Å². The molecular weight excluding hydrogens is 348 g/mol. The molecule has 0 amide bonds. The number of hydrogen-bond acceptors (Lipinski definition) is 4. The van der Waals surface area contributed by atoms with Crippen molar-refractivity contribution < 1.29 is 9.53 Å². The van der Waals surface area contributed by atoms with Gasteiger partial charge in [-0.15, -0.1) is 0 Å². The van der Waals surface area contributed by atoms with Crippen LogP contribution < -0.4 is 4.90 Å². The maximum absolute atomic E-state index is 11.7. The smallest absolute Gasteiger partial charge is 0.337 e. The van der Waals surface area contributed by atoms with Gasteiger partial charge in [0, 0.05) is 24.0 Å². The molecule has 4 nitrogen and oxygen atoms in total. The summed E-state index contributed by atoms with van der Waals surface area (Å²) in [4.78, 5) is 18.7. The van der Waals surface area contributed by atoms with E-state index in [0.29, 0.717) is 5.56 Å². The predicted octanol–water partition coefficient (Wildman–Crippen LogP) is 5.55. The van der Waals surface area contributed by atoms with Gasteiger partial charge >= 0.3 is 5.97 Å². The molecule has 3 rings (SSSR count). The highest BCUT2D eigenvalue weighted by Gasteiger charge is 2.29. The minimum Gasteiger partial charge on any atom is -0.465 e. The van der Waals surface area contributed by atoms with E-state index >= 15 is 0 Å². The van der Waals surface area contributed by atoms with E-state index in [4.69, 9.17) is 4.74 Å². The molecule has 0 aliphatic carbocycles. The molecule has 0 unspecified atom stereocenters. The first-order valence-electron chi connectivity index (χ1n) is 9.61. The Labute approximate surface area is 167 Å². The lowest BCUT2D eigenvalue weighted by atomic mass is 9.88. The summed E-state index contributed by atoms with van der Waals surface area (Å²) in [6.45, 7) is 11.8. The Bertz CT molecular complexity index is 971. The summed E-state index contributed by atoms with van der Waals surface area (Å²) in [6, 6.07) is 11.9. The molecule has 146 valence electrons. The fourth-order valence-corrected chi connectivity index (χ4v) is 3.95. The van der Waals surface area contributed by atoms with Gasteiger partial charge in [-0.25, -0.2) is 4.79 Å². The fourth-order valence-electron chi connectivity index (χ4n) is 3.95. The van der Waals surface area contributed by atoms with E-state index < -0.39 is 0 Å². The number of aryl methyl sites for hydroxylation is 1. The minimum absolute atomic E-state index is 0.0138. The summed E-state index contributed by atoms with van der Waals surface area (Å²) in [5.41, 5.74) is 7.19. The van der Waals surface area contributed by atoms with Crippen LogP contribution in [0.4, 0.5) is 11.4 Å². The van der Waals surface area contributed by atoms with Crippen molar-refractivity contribution in [2.24, 2.45) is 4.99 Å². The molecule has 1 aliphatic heterocycles. The number of esters is 1. The minimum atomic E-state index is -0.334. The molecular formula is C24H28N2O2. The first kappa shape index (κ1) is 19.9. The Hall–Kier alpha value is -2.88. The predicted molar refractivity (Wildman–Crippen MR) is 117 cm³/mol. The zero-order valence-corrected chi connectivity index (χ0v) is 17.5. The maximum atomic E-state index is 11.7. The summed E-state index contributed by atoms with van der Waals surface area (Å²) >= 11 is 0. The molecule has 0 radical (unpaired) electrons. The summed E-state index contributed by atoms with van der Waals surface area (Å²) in [5, 5.41) is 0. The van der Waals surface area contributed by atoms with Gasteiger partial charge in [0.05, 0.1) is 23.9 Å². The third-order valence-electron chi connectivity index (χ3n) is 5.29. The topological polar surface area (TPSA) is 41.9 Å². The number of carbonyl (C=O) groups excluding carboxylic acids is 1. The largest absolute Gasteiger partial charge is 0.465 e. The van der Waals surface area contributed by atoms with Crippen molar-refractivity contribution in [1.29, 1.82) is 0 Å². The molecule has 1 aliphatic rings. The third-order valence-corrected chi connectivity index (χ3v) is 5.29. The van der Waals surface area contributed by atoms with Gasteiger partial charge in [-0.2, -0.15) is 0 Å². The molecule has 2 aromatic carbocycles. The molecule has 4 heteroatoms. The number of ether oxygens (including phenoxy) is 1. The van der Waals surface area contributed by atoms with Crippen LogP contribution in [0.1, 0.15) is 54.7 Å². The Morgan fingerprint density at radius 2 is 1.93 bits per heavy atom.